The number of amides is 1. The van der Waals surface area contributed by atoms with E-state index in [2.05, 4.69) is 5.10 Å². The van der Waals surface area contributed by atoms with Gasteiger partial charge in [0.15, 0.2) is 0 Å². The van der Waals surface area contributed by atoms with Gasteiger partial charge in [-0.25, -0.2) is 4.68 Å². The van der Waals surface area contributed by atoms with Crippen LogP contribution in [0.15, 0.2) is 102 Å². The predicted octanol–water partition coefficient (Wildman–Crippen LogP) is 4.45. The normalized spacial score (nSPS) is 10.6. The van der Waals surface area contributed by atoms with E-state index in [0.29, 0.717) is 12.2 Å². The van der Waals surface area contributed by atoms with Crippen molar-refractivity contribution in [3.05, 3.63) is 119 Å². The number of hydrogen-bond acceptors (Lipinski definition) is 3. The summed E-state index contributed by atoms with van der Waals surface area (Å²) >= 11 is 0. The van der Waals surface area contributed by atoms with Gasteiger partial charge < -0.3 is 4.90 Å². The van der Waals surface area contributed by atoms with Crippen LogP contribution < -0.4 is 10.5 Å². The number of aromatic nitrogens is 2. The van der Waals surface area contributed by atoms with Crippen LogP contribution in [0.5, 0.6) is 0 Å². The van der Waals surface area contributed by atoms with E-state index in [1.807, 2.05) is 91.9 Å². The molecule has 1 heterocycles. The Balaban J connectivity index is 1.63. The van der Waals surface area contributed by atoms with Gasteiger partial charge >= 0.3 is 0 Å². The van der Waals surface area contributed by atoms with Crippen LogP contribution in [0.3, 0.4) is 0 Å². The van der Waals surface area contributed by atoms with Gasteiger partial charge in [0.05, 0.1) is 12.2 Å². The molecular formula is C26H23N3O2. The van der Waals surface area contributed by atoms with Crippen LogP contribution in [0.1, 0.15) is 11.1 Å². The maximum Gasteiger partial charge on any atom is 0.267 e. The van der Waals surface area contributed by atoms with Crippen molar-refractivity contribution in [3.63, 3.8) is 0 Å². The highest BCUT2D eigenvalue weighted by Gasteiger charge is 2.18. The smallest absolute Gasteiger partial charge is 0.267 e. The summed E-state index contributed by atoms with van der Waals surface area (Å²) < 4.78 is 1.23. The first kappa shape index (κ1) is 20.3. The number of para-hydroxylation sites is 1. The summed E-state index contributed by atoms with van der Waals surface area (Å²) in [5.41, 5.74) is 4.17. The van der Waals surface area contributed by atoms with Crippen molar-refractivity contribution < 1.29 is 4.79 Å². The Morgan fingerprint density at radius 2 is 1.48 bits per heavy atom. The summed E-state index contributed by atoms with van der Waals surface area (Å²) in [7, 11) is 0. The third-order valence-corrected chi connectivity index (χ3v) is 5.05. The number of rotatable bonds is 6. The number of aryl methyl sites for hydroxylation is 1. The number of anilines is 1. The van der Waals surface area contributed by atoms with Gasteiger partial charge in [0.1, 0.15) is 6.54 Å². The van der Waals surface area contributed by atoms with E-state index < -0.39 is 0 Å². The molecule has 0 unspecified atom stereocenters. The minimum Gasteiger partial charge on any atom is -0.306 e. The van der Waals surface area contributed by atoms with Crippen molar-refractivity contribution in [3.8, 4) is 11.3 Å². The van der Waals surface area contributed by atoms with Crippen LogP contribution >= 0.6 is 0 Å². The van der Waals surface area contributed by atoms with Gasteiger partial charge in [-0.3, -0.25) is 9.59 Å². The van der Waals surface area contributed by atoms with Gasteiger partial charge in [-0.05, 0) is 30.7 Å². The second-order valence-corrected chi connectivity index (χ2v) is 7.38. The van der Waals surface area contributed by atoms with E-state index >= 15 is 0 Å². The maximum absolute atomic E-state index is 13.3. The summed E-state index contributed by atoms with van der Waals surface area (Å²) in [5.74, 6) is -0.203. The molecular weight excluding hydrogens is 386 g/mol. The van der Waals surface area contributed by atoms with Crippen LogP contribution in [0.25, 0.3) is 11.3 Å². The summed E-state index contributed by atoms with van der Waals surface area (Å²) in [4.78, 5) is 27.4. The molecule has 0 aliphatic heterocycles. The number of hydrogen-bond donors (Lipinski definition) is 0. The predicted molar refractivity (Wildman–Crippen MR) is 123 cm³/mol. The van der Waals surface area contributed by atoms with E-state index in [1.165, 1.54) is 10.7 Å². The van der Waals surface area contributed by atoms with Gasteiger partial charge in [-0.2, -0.15) is 5.10 Å². The molecule has 0 spiro atoms. The molecule has 0 aliphatic carbocycles. The average Bonchev–Trinajstić information content (AvgIpc) is 2.81. The van der Waals surface area contributed by atoms with Gasteiger partial charge in [0, 0.05) is 17.3 Å². The third-order valence-electron chi connectivity index (χ3n) is 5.05. The molecule has 1 aromatic heterocycles. The van der Waals surface area contributed by atoms with E-state index in [0.717, 1.165) is 22.4 Å². The number of benzene rings is 3. The zero-order valence-electron chi connectivity index (χ0n) is 17.3. The molecule has 0 saturated heterocycles. The van der Waals surface area contributed by atoms with Crippen LogP contribution in [0, 0.1) is 6.92 Å². The molecule has 1 amide bonds. The average molecular weight is 409 g/mol. The SMILES string of the molecule is Cc1ccc(-c2ccc(=O)n(CC(=O)N(Cc3ccccc3)c3ccccc3)n2)cc1. The van der Waals surface area contributed by atoms with Gasteiger partial charge in [-0.1, -0.05) is 78.4 Å². The largest absolute Gasteiger partial charge is 0.306 e. The van der Waals surface area contributed by atoms with Crippen LogP contribution in [-0.2, 0) is 17.9 Å². The lowest BCUT2D eigenvalue weighted by atomic mass is 10.1. The molecule has 4 rings (SSSR count). The lowest BCUT2D eigenvalue weighted by molar-refractivity contribution is -0.119. The highest BCUT2D eigenvalue weighted by Crippen LogP contribution is 2.19. The first-order valence-corrected chi connectivity index (χ1v) is 10.1. The highest BCUT2D eigenvalue weighted by molar-refractivity contribution is 5.93. The Hall–Kier alpha value is -3.99. The first-order chi connectivity index (χ1) is 15.1. The third kappa shape index (κ3) is 4.95. The molecule has 0 atom stereocenters. The van der Waals surface area contributed by atoms with Gasteiger partial charge in [0.2, 0.25) is 5.91 Å². The quantitative estimate of drug-likeness (QED) is 0.473. The Kier molecular flexibility index (Phi) is 6.03. The van der Waals surface area contributed by atoms with Crippen molar-refractivity contribution in [2.75, 3.05) is 4.90 Å². The summed E-state index contributed by atoms with van der Waals surface area (Å²) in [6.07, 6.45) is 0. The van der Waals surface area contributed by atoms with E-state index in [1.54, 1.807) is 11.0 Å². The Morgan fingerprint density at radius 3 is 2.16 bits per heavy atom. The molecule has 5 heteroatoms. The zero-order chi connectivity index (χ0) is 21.6. The summed E-state index contributed by atoms with van der Waals surface area (Å²) in [6.45, 7) is 2.29. The fraction of sp³-hybridized carbons (Fsp3) is 0.115. The van der Waals surface area contributed by atoms with Gasteiger partial charge in [0.25, 0.3) is 5.56 Å². The summed E-state index contributed by atoms with van der Waals surface area (Å²) in [6, 6.07) is 30.3. The fourth-order valence-corrected chi connectivity index (χ4v) is 3.35. The van der Waals surface area contributed by atoms with E-state index in [4.69, 9.17) is 0 Å². The molecule has 0 bridgehead atoms. The number of carbonyl (C=O) groups is 1. The molecule has 0 fully saturated rings. The van der Waals surface area contributed by atoms with E-state index in [-0.39, 0.29) is 18.0 Å². The van der Waals surface area contributed by atoms with Crippen molar-refractivity contribution in [1.29, 1.82) is 0 Å². The van der Waals surface area contributed by atoms with Crippen molar-refractivity contribution in [2.24, 2.45) is 0 Å². The standard InChI is InChI=1S/C26H23N3O2/c1-20-12-14-22(15-13-20)24-16-17-25(30)29(27-24)19-26(31)28(23-10-6-3-7-11-23)18-21-8-4-2-5-9-21/h2-17H,18-19H2,1H3. The lowest BCUT2D eigenvalue weighted by Crippen LogP contribution is -2.37. The van der Waals surface area contributed by atoms with Gasteiger partial charge in [-0.15, -0.1) is 0 Å². The summed E-state index contributed by atoms with van der Waals surface area (Å²) in [5, 5.41) is 4.45. The molecule has 0 aliphatic rings. The molecule has 4 aromatic rings. The maximum atomic E-state index is 13.3. The molecule has 154 valence electrons. The number of carbonyl (C=O) groups excluding carboxylic acids is 1. The molecule has 0 saturated carbocycles. The topological polar surface area (TPSA) is 55.2 Å². The Morgan fingerprint density at radius 1 is 0.839 bits per heavy atom. The Bertz CT molecular complexity index is 1220. The Labute approximate surface area is 181 Å². The molecule has 31 heavy (non-hydrogen) atoms. The fourth-order valence-electron chi connectivity index (χ4n) is 3.35. The van der Waals surface area contributed by atoms with Crippen LogP contribution in [0.4, 0.5) is 5.69 Å². The van der Waals surface area contributed by atoms with Crippen LogP contribution in [0.2, 0.25) is 0 Å². The minimum absolute atomic E-state index is 0.139. The zero-order valence-corrected chi connectivity index (χ0v) is 17.3. The van der Waals surface area contributed by atoms with Crippen molar-refractivity contribution >= 4 is 11.6 Å². The number of nitrogens with zero attached hydrogens (tertiary/aromatic N) is 3. The second-order valence-electron chi connectivity index (χ2n) is 7.38. The monoisotopic (exact) mass is 409 g/mol. The molecule has 3 aromatic carbocycles. The molecule has 5 nitrogen and oxygen atoms in total. The first-order valence-electron chi connectivity index (χ1n) is 10.1. The van der Waals surface area contributed by atoms with Crippen molar-refractivity contribution in [1.82, 2.24) is 9.78 Å². The molecule has 0 N–H and O–H groups in total. The van der Waals surface area contributed by atoms with E-state index in [9.17, 15) is 9.59 Å². The minimum atomic E-state index is -0.308. The van der Waals surface area contributed by atoms with Crippen molar-refractivity contribution in [2.45, 2.75) is 20.0 Å². The second kappa shape index (κ2) is 9.22. The lowest BCUT2D eigenvalue weighted by Gasteiger charge is -2.23. The highest BCUT2D eigenvalue weighted by atomic mass is 16.2. The molecule has 0 radical (unpaired) electrons. The van der Waals surface area contributed by atoms with Crippen LogP contribution in [-0.4, -0.2) is 15.7 Å².